The largest absolute Gasteiger partial charge is 0.861 e. The van der Waals surface area contributed by atoms with Crippen molar-refractivity contribution in [2.75, 3.05) is 26.1 Å². The standard InChI is InChI=1S/C17H19N5O5S/c1-4-26-17(24)12-7-11(2)19-16(13(12)8-18)28-10-14(23)20-15-9-22(21-27-15)5-6-25-3/h7,9H,4-6,10H2,1-3H3. The van der Waals surface area contributed by atoms with Crippen LogP contribution >= 0.6 is 11.8 Å². The van der Waals surface area contributed by atoms with Gasteiger partial charge in [0.2, 0.25) is 11.8 Å². The lowest BCUT2D eigenvalue weighted by atomic mass is 10.1. The number of esters is 1. The van der Waals surface area contributed by atoms with Gasteiger partial charge < -0.3 is 14.6 Å². The predicted molar refractivity (Wildman–Crippen MR) is 96.0 cm³/mol. The number of carbonyl (C=O) groups excluding carboxylic acids is 1. The van der Waals surface area contributed by atoms with Crippen LogP contribution in [0.3, 0.4) is 0 Å². The zero-order chi connectivity index (χ0) is 20.5. The highest BCUT2D eigenvalue weighted by Crippen LogP contribution is 2.25. The second kappa shape index (κ2) is 10.4. The third-order valence-corrected chi connectivity index (χ3v) is 4.27. The van der Waals surface area contributed by atoms with E-state index in [1.807, 2.05) is 6.07 Å². The van der Waals surface area contributed by atoms with Gasteiger partial charge in [0.15, 0.2) is 0 Å². The molecule has 0 aliphatic carbocycles. The van der Waals surface area contributed by atoms with Gasteiger partial charge in [-0.3, -0.25) is 4.52 Å². The van der Waals surface area contributed by atoms with E-state index in [0.717, 1.165) is 11.8 Å². The van der Waals surface area contributed by atoms with E-state index in [1.165, 1.54) is 16.9 Å². The van der Waals surface area contributed by atoms with Gasteiger partial charge in [-0.25, -0.2) is 14.8 Å². The number of thioether (sulfide) groups is 1. The topological polar surface area (TPSA) is 138 Å². The molecule has 2 rings (SSSR count). The Balaban J connectivity index is 2.14. The minimum atomic E-state index is -0.607. The molecule has 10 nitrogen and oxygen atoms in total. The molecule has 11 heteroatoms. The van der Waals surface area contributed by atoms with Crippen molar-refractivity contribution in [3.05, 3.63) is 29.1 Å². The summed E-state index contributed by atoms with van der Waals surface area (Å²) in [6, 6.07) is 3.44. The highest BCUT2D eigenvalue weighted by molar-refractivity contribution is 7.99. The molecule has 2 aromatic heterocycles. The van der Waals surface area contributed by atoms with Crippen molar-refractivity contribution in [1.29, 1.82) is 5.26 Å². The summed E-state index contributed by atoms with van der Waals surface area (Å²) in [5.41, 5.74) is 0.723. The van der Waals surface area contributed by atoms with Crippen LogP contribution in [-0.2, 0) is 16.0 Å². The van der Waals surface area contributed by atoms with Crippen LogP contribution in [0, 0.1) is 18.3 Å². The van der Waals surface area contributed by atoms with Gasteiger partial charge in [0, 0.05) is 18.6 Å². The van der Waals surface area contributed by atoms with E-state index in [0.29, 0.717) is 18.8 Å². The molecule has 0 atom stereocenters. The summed E-state index contributed by atoms with van der Waals surface area (Å²) < 4.78 is 16.3. The summed E-state index contributed by atoms with van der Waals surface area (Å²) in [5, 5.41) is 25.5. The summed E-state index contributed by atoms with van der Waals surface area (Å²) in [5.74, 6) is -1.13. The Kier molecular flexibility index (Phi) is 7.91. The van der Waals surface area contributed by atoms with Crippen molar-refractivity contribution in [3.63, 3.8) is 0 Å². The number of hydrogen-bond donors (Lipinski definition) is 0. The van der Waals surface area contributed by atoms with Gasteiger partial charge in [0.05, 0.1) is 17.7 Å². The minimum Gasteiger partial charge on any atom is -0.861 e. The number of pyridine rings is 1. The first-order valence-corrected chi connectivity index (χ1v) is 9.28. The maximum absolute atomic E-state index is 12.1. The third kappa shape index (κ3) is 5.77. The van der Waals surface area contributed by atoms with Gasteiger partial charge in [-0.05, 0) is 30.5 Å². The van der Waals surface area contributed by atoms with Crippen LogP contribution in [0.1, 0.15) is 28.5 Å². The van der Waals surface area contributed by atoms with Crippen LogP contribution in [0.4, 0.5) is 5.88 Å². The molecule has 0 aliphatic rings. The number of carbonyl (C=O) groups is 1. The van der Waals surface area contributed by atoms with Gasteiger partial charge in [-0.15, -0.1) is 0 Å². The molecule has 0 saturated heterocycles. The fraction of sp³-hybridized carbons (Fsp3) is 0.412. The second-order valence-electron chi connectivity index (χ2n) is 5.41. The van der Waals surface area contributed by atoms with Crippen molar-refractivity contribution < 1.29 is 28.6 Å². The average molecular weight is 405 g/mol. The molecule has 148 valence electrons. The molecule has 0 saturated carbocycles. The van der Waals surface area contributed by atoms with Crippen LogP contribution in [0.2, 0.25) is 0 Å². The van der Waals surface area contributed by atoms with E-state index in [1.54, 1.807) is 21.0 Å². The molecular formula is C17H19N5O5S. The van der Waals surface area contributed by atoms with Crippen LogP contribution in [0.5, 0.6) is 0 Å². The van der Waals surface area contributed by atoms with E-state index in [-0.39, 0.29) is 34.4 Å². The Bertz CT molecular complexity index is 906. The third-order valence-electron chi connectivity index (χ3n) is 3.31. The van der Waals surface area contributed by atoms with E-state index < -0.39 is 11.9 Å². The molecule has 0 aliphatic heterocycles. The van der Waals surface area contributed by atoms with E-state index in [9.17, 15) is 15.2 Å². The van der Waals surface area contributed by atoms with Crippen LogP contribution in [-0.4, -0.2) is 48.2 Å². The summed E-state index contributed by atoms with van der Waals surface area (Å²) in [6.45, 7) is 4.46. The number of nitriles is 1. The van der Waals surface area contributed by atoms with Gasteiger partial charge in [0.25, 0.3) is 6.20 Å². The lowest BCUT2D eigenvalue weighted by Gasteiger charge is -2.11. The molecule has 0 radical (unpaired) electrons. The second-order valence-corrected chi connectivity index (χ2v) is 6.38. The first-order valence-electron chi connectivity index (χ1n) is 8.30. The number of rotatable bonds is 9. The fourth-order valence-electron chi connectivity index (χ4n) is 2.12. The van der Waals surface area contributed by atoms with Gasteiger partial charge in [-0.1, -0.05) is 11.8 Å². The van der Waals surface area contributed by atoms with Crippen LogP contribution in [0.25, 0.3) is 0 Å². The lowest BCUT2D eigenvalue weighted by Crippen LogP contribution is -2.36. The first-order chi connectivity index (χ1) is 13.5. The number of ether oxygens (including phenoxy) is 2. The maximum Gasteiger partial charge on any atom is 0.339 e. The normalized spacial score (nSPS) is 11.3. The van der Waals surface area contributed by atoms with Crippen molar-refractivity contribution in [2.45, 2.75) is 25.4 Å². The van der Waals surface area contributed by atoms with Crippen LogP contribution in [0.15, 0.2) is 26.8 Å². The maximum atomic E-state index is 12.1. The number of nitrogens with zero attached hydrogens (tertiary/aromatic N) is 5. The highest BCUT2D eigenvalue weighted by atomic mass is 32.2. The van der Waals surface area contributed by atoms with Gasteiger partial charge in [0.1, 0.15) is 17.7 Å². The highest BCUT2D eigenvalue weighted by Gasteiger charge is 2.19. The molecule has 0 aromatic carbocycles. The number of aromatic nitrogens is 3. The zero-order valence-electron chi connectivity index (χ0n) is 15.7. The summed E-state index contributed by atoms with van der Waals surface area (Å²) in [4.78, 5) is 20.1. The van der Waals surface area contributed by atoms with Gasteiger partial charge >= 0.3 is 11.9 Å². The minimum absolute atomic E-state index is 0.0617. The first kappa shape index (κ1) is 21.3. The number of aliphatic imine (C=N–C) groups is 1. The monoisotopic (exact) mass is 405 g/mol. The Hall–Kier alpha value is -2.97. The van der Waals surface area contributed by atoms with Crippen LogP contribution < -0.4 is 9.79 Å². The van der Waals surface area contributed by atoms with Crippen molar-refractivity contribution in [3.8, 4) is 6.07 Å². The van der Waals surface area contributed by atoms with Gasteiger partial charge in [-0.2, -0.15) is 5.26 Å². The molecule has 0 N–H and O–H groups in total. The molecule has 0 spiro atoms. The van der Waals surface area contributed by atoms with Crippen molar-refractivity contribution >= 4 is 29.5 Å². The summed E-state index contributed by atoms with van der Waals surface area (Å²) >= 11 is 1.01. The Morgan fingerprint density at radius 3 is 3.00 bits per heavy atom. The van der Waals surface area contributed by atoms with E-state index >= 15 is 0 Å². The molecule has 0 fully saturated rings. The fourth-order valence-corrected chi connectivity index (χ4v) is 2.95. The van der Waals surface area contributed by atoms with Crippen molar-refractivity contribution in [2.24, 2.45) is 4.99 Å². The SMILES string of the molecule is CCOC(=O)c1cc(C)nc(SC/C([O-])=N\c2c[n+](CCOC)no2)c1C#N. The molecule has 28 heavy (non-hydrogen) atoms. The average Bonchev–Trinajstić information content (AvgIpc) is 3.11. The number of methoxy groups -OCH3 is 1. The molecule has 0 unspecified atom stereocenters. The molecule has 2 aromatic rings. The molecule has 0 bridgehead atoms. The lowest BCUT2D eigenvalue weighted by molar-refractivity contribution is -0.763. The smallest absolute Gasteiger partial charge is 0.339 e. The summed E-state index contributed by atoms with van der Waals surface area (Å²) in [6.07, 6.45) is 1.48. The van der Waals surface area contributed by atoms with Crippen molar-refractivity contribution in [1.82, 2.24) is 10.3 Å². The molecule has 2 heterocycles. The zero-order valence-corrected chi connectivity index (χ0v) is 16.5. The Labute approximate surface area is 165 Å². The molecule has 0 amide bonds. The quantitative estimate of drug-likeness (QED) is 0.192. The number of aryl methyl sites for hydroxylation is 1. The Morgan fingerprint density at radius 1 is 1.54 bits per heavy atom. The predicted octanol–water partition coefficient (Wildman–Crippen LogP) is 0.543. The Morgan fingerprint density at radius 2 is 2.32 bits per heavy atom. The number of hydrogen-bond acceptors (Lipinski definition) is 10. The summed E-state index contributed by atoms with van der Waals surface area (Å²) in [7, 11) is 1.56. The van der Waals surface area contributed by atoms with E-state index in [4.69, 9.17) is 14.0 Å². The van der Waals surface area contributed by atoms with E-state index in [2.05, 4.69) is 15.2 Å². The molecular weight excluding hydrogens is 386 g/mol.